The largest absolute Gasteiger partial charge is 0.462 e. The van der Waals surface area contributed by atoms with Crippen molar-refractivity contribution < 1.29 is 28.6 Å². The number of rotatable bonds is 58. The van der Waals surface area contributed by atoms with E-state index in [-0.39, 0.29) is 31.1 Å². The second kappa shape index (κ2) is 66.8. The van der Waals surface area contributed by atoms with E-state index in [1.807, 2.05) is 0 Å². The molecule has 0 aromatic carbocycles. The summed E-state index contributed by atoms with van der Waals surface area (Å²) in [6.07, 6.45) is 95.7. The van der Waals surface area contributed by atoms with Crippen LogP contribution in [-0.2, 0) is 28.6 Å². The second-order valence-electron chi connectivity index (χ2n) is 21.3. The van der Waals surface area contributed by atoms with Crippen LogP contribution < -0.4 is 0 Å². The maximum Gasteiger partial charge on any atom is 0.306 e. The quantitative estimate of drug-likeness (QED) is 0.0261. The predicted octanol–water partition coefficient (Wildman–Crippen LogP) is 22.7. The summed E-state index contributed by atoms with van der Waals surface area (Å²) in [7, 11) is 0. The summed E-state index contributed by atoms with van der Waals surface area (Å²) >= 11 is 0. The molecule has 6 nitrogen and oxygen atoms in total. The Morgan fingerprint density at radius 3 is 0.762 bits per heavy atom. The molecule has 0 radical (unpaired) electrons. The van der Waals surface area contributed by atoms with Crippen LogP contribution in [0.1, 0.15) is 284 Å². The maximum atomic E-state index is 12.9. The molecule has 0 aromatic rings. The molecule has 0 N–H and O–H groups in total. The van der Waals surface area contributed by atoms with E-state index in [9.17, 15) is 14.4 Å². The van der Waals surface area contributed by atoms with Crippen molar-refractivity contribution in [3.05, 3.63) is 146 Å². The smallest absolute Gasteiger partial charge is 0.306 e. The molecule has 1 atom stereocenters. The Kier molecular flexibility index (Phi) is 62.9. The monoisotopic (exact) mass is 1100 g/mol. The molecule has 0 bridgehead atoms. The van der Waals surface area contributed by atoms with E-state index in [1.54, 1.807) is 0 Å². The van der Waals surface area contributed by atoms with E-state index in [4.69, 9.17) is 14.2 Å². The Morgan fingerprint density at radius 2 is 0.487 bits per heavy atom. The first-order valence-electron chi connectivity index (χ1n) is 32.8. The van der Waals surface area contributed by atoms with Crippen molar-refractivity contribution in [3.63, 3.8) is 0 Å². The van der Waals surface area contributed by atoms with Gasteiger partial charge in [-0.05, 0) is 122 Å². The van der Waals surface area contributed by atoms with Crippen LogP contribution in [-0.4, -0.2) is 37.2 Å². The highest BCUT2D eigenvalue weighted by molar-refractivity contribution is 5.71. The summed E-state index contributed by atoms with van der Waals surface area (Å²) in [5.41, 5.74) is 0. The number of allylic oxidation sites excluding steroid dienone is 24. The van der Waals surface area contributed by atoms with Crippen molar-refractivity contribution in [2.45, 2.75) is 290 Å². The topological polar surface area (TPSA) is 78.9 Å². The molecule has 1 unspecified atom stereocenters. The van der Waals surface area contributed by atoms with Crippen LogP contribution in [0.25, 0.3) is 0 Å². The number of unbranched alkanes of at least 4 members (excludes halogenated alkanes) is 23. The Morgan fingerprint density at radius 1 is 0.263 bits per heavy atom. The van der Waals surface area contributed by atoms with Gasteiger partial charge in [0.1, 0.15) is 13.2 Å². The first-order chi connectivity index (χ1) is 39.5. The summed E-state index contributed by atoms with van der Waals surface area (Å²) in [6.45, 7) is 6.38. The van der Waals surface area contributed by atoms with E-state index in [2.05, 4.69) is 167 Å². The molecule has 0 aliphatic heterocycles. The molecule has 0 aliphatic rings. The normalized spacial score (nSPS) is 13.1. The molecular formula is C74H120O6. The molecule has 0 saturated carbocycles. The fourth-order valence-corrected chi connectivity index (χ4v) is 8.74. The number of hydrogen-bond donors (Lipinski definition) is 0. The minimum atomic E-state index is -0.796. The summed E-state index contributed by atoms with van der Waals surface area (Å²) in [4.78, 5) is 38.3. The molecule has 0 saturated heterocycles. The molecule has 0 spiro atoms. The Balaban J connectivity index is 4.34. The van der Waals surface area contributed by atoms with Crippen LogP contribution in [0, 0.1) is 0 Å². The molecule has 0 heterocycles. The van der Waals surface area contributed by atoms with Crippen molar-refractivity contribution in [2.75, 3.05) is 13.2 Å². The van der Waals surface area contributed by atoms with E-state index < -0.39 is 6.10 Å². The second-order valence-corrected chi connectivity index (χ2v) is 21.3. The lowest BCUT2D eigenvalue weighted by Gasteiger charge is -2.18. The lowest BCUT2D eigenvalue weighted by molar-refractivity contribution is -0.167. The van der Waals surface area contributed by atoms with Gasteiger partial charge in [-0.15, -0.1) is 0 Å². The van der Waals surface area contributed by atoms with Crippen LogP contribution in [0.5, 0.6) is 0 Å². The SMILES string of the molecule is CC/C=C\C/C=C\C/C=C\C/C=C\C/C=C\C/C=C\C/C=C\C/C=C\CCCCCCC(=O)OCC(COC(=O)CCCCCCCCCCCC)OC(=O)CCCCCCCCCCCC/C=C\C/C=C\C/C=C\C/C=C\CC. The van der Waals surface area contributed by atoms with Crippen molar-refractivity contribution in [1.82, 2.24) is 0 Å². The highest BCUT2D eigenvalue weighted by Crippen LogP contribution is 2.15. The summed E-state index contributed by atoms with van der Waals surface area (Å²) in [5.74, 6) is -0.921. The van der Waals surface area contributed by atoms with Gasteiger partial charge in [0.05, 0.1) is 0 Å². The van der Waals surface area contributed by atoms with Gasteiger partial charge < -0.3 is 14.2 Å². The minimum absolute atomic E-state index is 0.0904. The zero-order chi connectivity index (χ0) is 57.8. The van der Waals surface area contributed by atoms with Gasteiger partial charge in [0.2, 0.25) is 0 Å². The van der Waals surface area contributed by atoms with Crippen LogP contribution in [0.4, 0.5) is 0 Å². The molecule has 452 valence electrons. The number of carbonyl (C=O) groups excluding carboxylic acids is 3. The van der Waals surface area contributed by atoms with Gasteiger partial charge in [-0.2, -0.15) is 0 Å². The van der Waals surface area contributed by atoms with Crippen LogP contribution in [0.15, 0.2) is 146 Å². The summed E-state index contributed by atoms with van der Waals surface area (Å²) in [5, 5.41) is 0. The molecular weight excluding hydrogens is 985 g/mol. The molecule has 0 amide bonds. The van der Waals surface area contributed by atoms with E-state index in [0.717, 1.165) is 148 Å². The van der Waals surface area contributed by atoms with Gasteiger partial charge in [0.15, 0.2) is 6.10 Å². The van der Waals surface area contributed by atoms with Gasteiger partial charge in [0, 0.05) is 19.3 Å². The summed E-state index contributed by atoms with van der Waals surface area (Å²) < 4.78 is 16.9. The standard InChI is InChI=1S/C74H120O6/c1-4-7-10-13-16-19-22-24-26-28-30-32-34-35-36-37-38-39-41-42-44-46-48-50-52-55-58-61-64-67-73(76)79-70-71(69-78-72(75)66-63-60-57-54-21-18-15-12-9-6-3)80-74(77)68-65-62-59-56-53-51-49-47-45-43-40-33-31-29-27-25-23-20-17-14-11-8-5-2/h7-8,10-11,16-17,19-20,24-27,30-33,35-36,38-39,42,44,48,50,71H,4-6,9,12-15,18,21-23,28-29,34,37,40-41,43,45-47,49,51-70H2,1-3H3/b10-7-,11-8-,19-16-,20-17-,26-24-,27-25-,32-30-,33-31-,36-35-,39-38-,44-42-,50-48-. The first-order valence-corrected chi connectivity index (χ1v) is 32.8. The molecule has 0 fully saturated rings. The first kappa shape index (κ1) is 75.3. The van der Waals surface area contributed by atoms with Gasteiger partial charge in [0.25, 0.3) is 0 Å². The fraction of sp³-hybridized carbons (Fsp3) is 0.635. The molecule has 80 heavy (non-hydrogen) atoms. The van der Waals surface area contributed by atoms with Crippen molar-refractivity contribution >= 4 is 17.9 Å². The van der Waals surface area contributed by atoms with Gasteiger partial charge >= 0.3 is 17.9 Å². The number of carbonyl (C=O) groups is 3. The third-order valence-electron chi connectivity index (χ3n) is 13.6. The van der Waals surface area contributed by atoms with Crippen LogP contribution in [0.3, 0.4) is 0 Å². The minimum Gasteiger partial charge on any atom is -0.462 e. The van der Waals surface area contributed by atoms with Crippen molar-refractivity contribution in [2.24, 2.45) is 0 Å². The van der Waals surface area contributed by atoms with Crippen LogP contribution >= 0.6 is 0 Å². The fourth-order valence-electron chi connectivity index (χ4n) is 8.74. The zero-order valence-electron chi connectivity index (χ0n) is 51.8. The predicted molar refractivity (Wildman–Crippen MR) is 348 cm³/mol. The molecule has 0 aliphatic carbocycles. The van der Waals surface area contributed by atoms with Crippen molar-refractivity contribution in [1.29, 1.82) is 0 Å². The van der Waals surface area contributed by atoms with E-state index in [1.165, 1.54) is 96.3 Å². The summed E-state index contributed by atoms with van der Waals surface area (Å²) in [6, 6.07) is 0. The Bertz CT molecular complexity index is 1750. The van der Waals surface area contributed by atoms with Gasteiger partial charge in [-0.1, -0.05) is 289 Å². The zero-order valence-corrected chi connectivity index (χ0v) is 51.8. The Labute approximate surface area is 493 Å². The number of hydrogen-bond acceptors (Lipinski definition) is 6. The maximum absolute atomic E-state index is 12.9. The van der Waals surface area contributed by atoms with E-state index in [0.29, 0.717) is 19.3 Å². The highest BCUT2D eigenvalue weighted by atomic mass is 16.6. The number of esters is 3. The van der Waals surface area contributed by atoms with E-state index >= 15 is 0 Å². The third-order valence-corrected chi connectivity index (χ3v) is 13.6. The number of ether oxygens (including phenoxy) is 3. The lowest BCUT2D eigenvalue weighted by Crippen LogP contribution is -2.30. The average Bonchev–Trinajstić information content (AvgIpc) is 3.46. The lowest BCUT2D eigenvalue weighted by atomic mass is 10.0. The third kappa shape index (κ3) is 64.1. The van der Waals surface area contributed by atoms with Gasteiger partial charge in [-0.25, -0.2) is 0 Å². The highest BCUT2D eigenvalue weighted by Gasteiger charge is 2.19. The van der Waals surface area contributed by atoms with Gasteiger partial charge in [-0.3, -0.25) is 14.4 Å². The molecule has 0 rings (SSSR count). The van der Waals surface area contributed by atoms with Crippen LogP contribution in [0.2, 0.25) is 0 Å². The van der Waals surface area contributed by atoms with Crippen molar-refractivity contribution in [3.8, 4) is 0 Å². The molecule has 0 aromatic heterocycles. The average molecular weight is 1110 g/mol. The Hall–Kier alpha value is -4.71. The molecule has 6 heteroatoms.